The van der Waals surface area contributed by atoms with Crippen LogP contribution in [0.3, 0.4) is 0 Å². The minimum Gasteiger partial charge on any atom is -0.329 e. The summed E-state index contributed by atoms with van der Waals surface area (Å²) in [6, 6.07) is 3.23. The fourth-order valence-corrected chi connectivity index (χ4v) is 1.20. The van der Waals surface area contributed by atoms with Crippen molar-refractivity contribution in [3.05, 3.63) is 33.2 Å². The van der Waals surface area contributed by atoms with E-state index >= 15 is 0 Å². The van der Waals surface area contributed by atoms with Gasteiger partial charge < -0.3 is 10.3 Å². The molecule has 1 aromatic heterocycles. The van der Waals surface area contributed by atoms with Crippen LogP contribution >= 0.6 is 28.3 Å². The zero-order valence-corrected chi connectivity index (χ0v) is 8.77. The van der Waals surface area contributed by atoms with Gasteiger partial charge in [-0.1, -0.05) is 0 Å². The first-order valence-electron chi connectivity index (χ1n) is 3.30. The lowest BCUT2D eigenvalue weighted by atomic mass is 10.4. The standard InChI is InChI=1S/C7H9BrN2O.ClH/c8-6-1-2-7(11)10(5-6)4-3-9;/h1-2,5H,3-4,9H2;1H. The molecule has 0 aliphatic heterocycles. The Morgan fingerprint density at radius 1 is 1.50 bits per heavy atom. The Morgan fingerprint density at radius 3 is 2.75 bits per heavy atom. The predicted octanol–water partition coefficient (Wildman–Crippen LogP) is 0.991. The quantitative estimate of drug-likeness (QED) is 0.854. The Bertz CT molecular complexity index is 300. The fraction of sp³-hybridized carbons (Fsp3) is 0.286. The third-order valence-electron chi connectivity index (χ3n) is 1.32. The largest absolute Gasteiger partial charge is 0.329 e. The van der Waals surface area contributed by atoms with E-state index in [0.717, 1.165) is 4.47 Å². The van der Waals surface area contributed by atoms with Crippen LogP contribution in [-0.4, -0.2) is 11.1 Å². The van der Waals surface area contributed by atoms with E-state index in [4.69, 9.17) is 5.73 Å². The lowest BCUT2D eigenvalue weighted by Crippen LogP contribution is -2.22. The summed E-state index contributed by atoms with van der Waals surface area (Å²) in [5, 5.41) is 0. The Labute approximate surface area is 85.1 Å². The molecule has 5 heteroatoms. The zero-order chi connectivity index (χ0) is 8.27. The molecule has 1 aromatic rings. The summed E-state index contributed by atoms with van der Waals surface area (Å²) in [5.74, 6) is 0. The molecule has 0 saturated heterocycles. The van der Waals surface area contributed by atoms with Gasteiger partial charge in [0.15, 0.2) is 0 Å². The second kappa shape index (κ2) is 5.35. The fourth-order valence-electron chi connectivity index (χ4n) is 0.816. The van der Waals surface area contributed by atoms with Gasteiger partial charge >= 0.3 is 0 Å². The first-order valence-corrected chi connectivity index (χ1v) is 4.09. The summed E-state index contributed by atoms with van der Waals surface area (Å²) < 4.78 is 2.47. The summed E-state index contributed by atoms with van der Waals surface area (Å²) in [5.41, 5.74) is 5.29. The molecule has 1 rings (SSSR count). The predicted molar refractivity (Wildman–Crippen MR) is 54.7 cm³/mol. The van der Waals surface area contributed by atoms with Crippen LogP contribution in [0.2, 0.25) is 0 Å². The first kappa shape index (κ1) is 11.7. The van der Waals surface area contributed by atoms with E-state index < -0.39 is 0 Å². The van der Waals surface area contributed by atoms with E-state index in [1.165, 1.54) is 6.07 Å². The highest BCUT2D eigenvalue weighted by atomic mass is 79.9. The van der Waals surface area contributed by atoms with E-state index in [1.54, 1.807) is 16.8 Å². The molecule has 0 bridgehead atoms. The second-order valence-electron chi connectivity index (χ2n) is 2.17. The van der Waals surface area contributed by atoms with Crippen molar-refractivity contribution in [2.24, 2.45) is 5.73 Å². The van der Waals surface area contributed by atoms with Crippen LogP contribution in [0.25, 0.3) is 0 Å². The Balaban J connectivity index is 0.00000121. The third-order valence-corrected chi connectivity index (χ3v) is 1.79. The minimum atomic E-state index is -0.0151. The normalized spacial score (nSPS) is 9.17. The van der Waals surface area contributed by atoms with Gasteiger partial charge in [-0.25, -0.2) is 0 Å². The van der Waals surface area contributed by atoms with Crippen LogP contribution in [-0.2, 0) is 6.54 Å². The molecule has 0 aromatic carbocycles. The van der Waals surface area contributed by atoms with Crippen molar-refractivity contribution in [1.82, 2.24) is 4.57 Å². The van der Waals surface area contributed by atoms with Gasteiger partial charge in [0.05, 0.1) is 0 Å². The zero-order valence-electron chi connectivity index (χ0n) is 6.37. The maximum absolute atomic E-state index is 11.0. The van der Waals surface area contributed by atoms with Gasteiger partial charge in [0.25, 0.3) is 5.56 Å². The molecule has 0 aliphatic carbocycles. The number of aromatic nitrogens is 1. The van der Waals surface area contributed by atoms with Crippen LogP contribution in [0.1, 0.15) is 0 Å². The molecule has 0 radical (unpaired) electrons. The van der Waals surface area contributed by atoms with Gasteiger partial charge in [0.1, 0.15) is 0 Å². The molecule has 0 atom stereocenters. The Kier molecular flexibility index (Phi) is 5.20. The highest BCUT2D eigenvalue weighted by Gasteiger charge is 1.93. The molecule has 12 heavy (non-hydrogen) atoms. The SMILES string of the molecule is Cl.NCCn1cc(Br)ccc1=O. The van der Waals surface area contributed by atoms with Crippen molar-refractivity contribution >= 4 is 28.3 Å². The molecule has 68 valence electrons. The van der Waals surface area contributed by atoms with E-state index in [2.05, 4.69) is 15.9 Å². The summed E-state index contributed by atoms with van der Waals surface area (Å²) in [4.78, 5) is 11.0. The molecule has 0 unspecified atom stereocenters. The first-order chi connectivity index (χ1) is 5.24. The van der Waals surface area contributed by atoms with Crippen molar-refractivity contribution in [2.45, 2.75) is 6.54 Å². The van der Waals surface area contributed by atoms with Crippen LogP contribution in [0.15, 0.2) is 27.6 Å². The van der Waals surface area contributed by atoms with E-state index in [0.29, 0.717) is 13.1 Å². The van der Waals surface area contributed by atoms with Gasteiger partial charge in [0.2, 0.25) is 0 Å². The number of halogens is 2. The number of pyridine rings is 1. The molecule has 1 heterocycles. The maximum Gasteiger partial charge on any atom is 0.250 e. The molecule has 0 aliphatic rings. The molecule has 0 spiro atoms. The molecular weight excluding hydrogens is 243 g/mol. The molecule has 3 nitrogen and oxygen atoms in total. The van der Waals surface area contributed by atoms with Crippen molar-refractivity contribution < 1.29 is 0 Å². The maximum atomic E-state index is 11.0. The lowest BCUT2D eigenvalue weighted by molar-refractivity contribution is 0.679. The molecular formula is C7H10BrClN2O. The summed E-state index contributed by atoms with van der Waals surface area (Å²) in [6.07, 6.45) is 1.73. The highest BCUT2D eigenvalue weighted by molar-refractivity contribution is 9.10. The number of nitrogens with two attached hydrogens (primary N) is 1. The monoisotopic (exact) mass is 252 g/mol. The molecule has 2 N–H and O–H groups in total. The van der Waals surface area contributed by atoms with E-state index in [-0.39, 0.29) is 18.0 Å². The Morgan fingerprint density at radius 2 is 2.17 bits per heavy atom. The van der Waals surface area contributed by atoms with Crippen LogP contribution in [0.4, 0.5) is 0 Å². The topological polar surface area (TPSA) is 48.0 Å². The van der Waals surface area contributed by atoms with Gasteiger partial charge in [0, 0.05) is 29.8 Å². The van der Waals surface area contributed by atoms with Crippen LogP contribution in [0.5, 0.6) is 0 Å². The van der Waals surface area contributed by atoms with Crippen molar-refractivity contribution in [3.63, 3.8) is 0 Å². The average Bonchev–Trinajstić information content (AvgIpc) is 1.98. The molecule has 0 fully saturated rings. The smallest absolute Gasteiger partial charge is 0.250 e. The molecule has 0 saturated carbocycles. The summed E-state index contributed by atoms with van der Waals surface area (Å²) in [6.45, 7) is 1.05. The lowest BCUT2D eigenvalue weighted by Gasteiger charge is -2.01. The number of hydrogen-bond acceptors (Lipinski definition) is 2. The van der Waals surface area contributed by atoms with Crippen LogP contribution < -0.4 is 11.3 Å². The van der Waals surface area contributed by atoms with E-state index in [9.17, 15) is 4.79 Å². The Hall–Kier alpha value is -0.320. The third kappa shape index (κ3) is 2.97. The average molecular weight is 254 g/mol. The summed E-state index contributed by atoms with van der Waals surface area (Å²) >= 11 is 3.27. The summed E-state index contributed by atoms with van der Waals surface area (Å²) in [7, 11) is 0. The van der Waals surface area contributed by atoms with Crippen molar-refractivity contribution in [1.29, 1.82) is 0 Å². The van der Waals surface area contributed by atoms with Crippen molar-refractivity contribution in [2.75, 3.05) is 6.54 Å². The number of nitrogens with zero attached hydrogens (tertiary/aromatic N) is 1. The van der Waals surface area contributed by atoms with Crippen molar-refractivity contribution in [3.8, 4) is 0 Å². The minimum absolute atomic E-state index is 0. The van der Waals surface area contributed by atoms with E-state index in [1.807, 2.05) is 0 Å². The van der Waals surface area contributed by atoms with Crippen LogP contribution in [0, 0.1) is 0 Å². The van der Waals surface area contributed by atoms with Gasteiger partial charge in [-0.15, -0.1) is 12.4 Å². The number of hydrogen-bond donors (Lipinski definition) is 1. The van der Waals surface area contributed by atoms with Gasteiger partial charge in [-0.05, 0) is 22.0 Å². The van der Waals surface area contributed by atoms with Gasteiger partial charge in [-0.3, -0.25) is 4.79 Å². The van der Waals surface area contributed by atoms with Gasteiger partial charge in [-0.2, -0.15) is 0 Å². The number of rotatable bonds is 2. The second-order valence-corrected chi connectivity index (χ2v) is 3.08. The molecule has 0 amide bonds. The highest BCUT2D eigenvalue weighted by Crippen LogP contribution is 2.04.